The fourth-order valence-electron chi connectivity index (χ4n) is 3.10. The first-order valence-corrected chi connectivity index (χ1v) is 8.86. The molecule has 0 spiro atoms. The third-order valence-corrected chi connectivity index (χ3v) is 4.58. The lowest BCUT2D eigenvalue weighted by molar-refractivity contribution is -0.394. The average molecular weight is 415 g/mol. The Labute approximate surface area is 170 Å². The number of hydrogen-bond donors (Lipinski definition) is 0. The number of nitro benzene ring substituents is 2. The molecule has 0 aromatic heterocycles. The molecule has 1 aliphatic heterocycles. The van der Waals surface area contributed by atoms with Gasteiger partial charge in [-0.2, -0.15) is 0 Å². The highest BCUT2D eigenvalue weighted by molar-refractivity contribution is 5.95. The summed E-state index contributed by atoms with van der Waals surface area (Å²) in [6.07, 6.45) is 0.188. The van der Waals surface area contributed by atoms with E-state index >= 15 is 0 Å². The van der Waals surface area contributed by atoms with Crippen molar-refractivity contribution in [2.75, 3.05) is 20.2 Å². The lowest BCUT2D eigenvalue weighted by atomic mass is 10.1. The number of nitro groups is 2. The quantitative estimate of drug-likeness (QED) is 0.398. The first-order chi connectivity index (χ1) is 14.3. The van der Waals surface area contributed by atoms with E-state index in [-0.39, 0.29) is 18.2 Å². The van der Waals surface area contributed by atoms with Crippen LogP contribution in [0.15, 0.2) is 42.5 Å². The fraction of sp³-hybridized carbons (Fsp3) is 0.263. The Balaban J connectivity index is 1.69. The van der Waals surface area contributed by atoms with Crippen LogP contribution in [0, 0.1) is 20.2 Å². The Bertz CT molecular complexity index is 973. The van der Waals surface area contributed by atoms with Crippen LogP contribution in [0.1, 0.15) is 27.1 Å². The maximum atomic E-state index is 12.7. The number of carbonyl (C=O) groups excluding carboxylic acids is 2. The molecule has 2 aromatic rings. The summed E-state index contributed by atoms with van der Waals surface area (Å²) in [5, 5.41) is 22.0. The van der Waals surface area contributed by atoms with Gasteiger partial charge in [-0.05, 0) is 24.3 Å². The van der Waals surface area contributed by atoms with Gasteiger partial charge in [-0.25, -0.2) is 4.79 Å². The van der Waals surface area contributed by atoms with Gasteiger partial charge in [0, 0.05) is 25.1 Å². The maximum Gasteiger partial charge on any atom is 0.337 e. The molecule has 1 atom stereocenters. The van der Waals surface area contributed by atoms with Crippen LogP contribution < -0.4 is 4.74 Å². The molecule has 0 saturated carbocycles. The lowest BCUT2D eigenvalue weighted by Gasteiger charge is -2.17. The number of non-ortho nitro benzene ring substituents is 2. The molecule has 2 aromatic carbocycles. The van der Waals surface area contributed by atoms with Crippen LogP contribution in [-0.2, 0) is 4.74 Å². The van der Waals surface area contributed by atoms with Crippen molar-refractivity contribution in [1.29, 1.82) is 0 Å². The minimum Gasteiger partial charge on any atom is -0.489 e. The van der Waals surface area contributed by atoms with E-state index < -0.39 is 33.1 Å². The maximum absolute atomic E-state index is 12.7. The number of hydrogen-bond acceptors (Lipinski definition) is 8. The van der Waals surface area contributed by atoms with Crippen molar-refractivity contribution < 1.29 is 28.9 Å². The number of amides is 1. The Morgan fingerprint density at radius 3 is 2.13 bits per heavy atom. The number of rotatable bonds is 6. The average Bonchev–Trinajstić information content (AvgIpc) is 3.21. The zero-order valence-electron chi connectivity index (χ0n) is 15.8. The van der Waals surface area contributed by atoms with Crippen molar-refractivity contribution >= 4 is 23.3 Å². The topological polar surface area (TPSA) is 142 Å². The van der Waals surface area contributed by atoms with Crippen LogP contribution >= 0.6 is 0 Å². The molecule has 0 unspecified atom stereocenters. The van der Waals surface area contributed by atoms with Gasteiger partial charge >= 0.3 is 5.97 Å². The summed E-state index contributed by atoms with van der Waals surface area (Å²) >= 11 is 0. The highest BCUT2D eigenvalue weighted by atomic mass is 16.6. The van der Waals surface area contributed by atoms with Gasteiger partial charge in [0.15, 0.2) is 0 Å². The molecule has 1 heterocycles. The number of ether oxygens (including phenoxy) is 2. The second-order valence-corrected chi connectivity index (χ2v) is 6.55. The van der Waals surface area contributed by atoms with Crippen molar-refractivity contribution in [3.05, 3.63) is 73.8 Å². The Morgan fingerprint density at radius 2 is 1.60 bits per heavy atom. The van der Waals surface area contributed by atoms with E-state index in [4.69, 9.17) is 4.74 Å². The van der Waals surface area contributed by atoms with Gasteiger partial charge in [0.05, 0.1) is 40.7 Å². The molecule has 0 aliphatic carbocycles. The van der Waals surface area contributed by atoms with E-state index in [1.54, 1.807) is 24.3 Å². The van der Waals surface area contributed by atoms with Crippen LogP contribution in [0.25, 0.3) is 0 Å². The summed E-state index contributed by atoms with van der Waals surface area (Å²) in [5.74, 6) is -0.507. The van der Waals surface area contributed by atoms with Crippen molar-refractivity contribution in [1.82, 2.24) is 4.90 Å². The Morgan fingerprint density at radius 1 is 1.00 bits per heavy atom. The molecule has 1 aliphatic rings. The first-order valence-electron chi connectivity index (χ1n) is 8.86. The predicted octanol–water partition coefficient (Wildman–Crippen LogP) is 2.58. The molecule has 0 bridgehead atoms. The Kier molecular flexibility index (Phi) is 5.90. The van der Waals surface area contributed by atoms with Crippen LogP contribution in [0.3, 0.4) is 0 Å². The molecule has 30 heavy (non-hydrogen) atoms. The lowest BCUT2D eigenvalue weighted by Crippen LogP contribution is -2.31. The molecule has 1 amide bonds. The summed E-state index contributed by atoms with van der Waals surface area (Å²) in [7, 11) is 1.28. The van der Waals surface area contributed by atoms with Crippen molar-refractivity contribution in [2.45, 2.75) is 12.5 Å². The standard InChI is InChI=1S/C19H17N3O8/c1-29-19(24)12-2-4-16(5-3-12)30-17-6-7-20(11-17)18(23)13-8-14(21(25)26)10-15(9-13)22(27)28/h2-5,8-10,17H,6-7,11H2,1H3/t17-/m0/s1. The van der Waals surface area contributed by atoms with Crippen molar-refractivity contribution in [3.63, 3.8) is 0 Å². The number of likely N-dealkylation sites (tertiary alicyclic amines) is 1. The normalized spacial score (nSPS) is 15.5. The molecule has 11 nitrogen and oxygen atoms in total. The van der Waals surface area contributed by atoms with E-state index in [0.29, 0.717) is 24.3 Å². The van der Waals surface area contributed by atoms with E-state index in [1.807, 2.05) is 0 Å². The molecule has 0 radical (unpaired) electrons. The van der Waals surface area contributed by atoms with Gasteiger partial charge in [-0.1, -0.05) is 0 Å². The summed E-state index contributed by atoms with van der Waals surface area (Å²) in [4.78, 5) is 46.1. The molecule has 1 fully saturated rings. The zero-order valence-corrected chi connectivity index (χ0v) is 15.8. The molecular formula is C19H17N3O8. The van der Waals surface area contributed by atoms with Crippen molar-refractivity contribution in [2.24, 2.45) is 0 Å². The van der Waals surface area contributed by atoms with Crippen LogP contribution in [-0.4, -0.2) is 52.9 Å². The number of methoxy groups -OCH3 is 1. The second kappa shape index (κ2) is 8.55. The van der Waals surface area contributed by atoms with Gasteiger partial charge in [-0.3, -0.25) is 25.0 Å². The molecule has 0 N–H and O–H groups in total. The van der Waals surface area contributed by atoms with E-state index in [0.717, 1.165) is 18.2 Å². The van der Waals surface area contributed by atoms with Crippen LogP contribution in [0.2, 0.25) is 0 Å². The summed E-state index contributed by atoms with van der Waals surface area (Å²) in [6, 6.07) is 9.19. The molecule has 1 saturated heterocycles. The summed E-state index contributed by atoms with van der Waals surface area (Å²) in [5.41, 5.74) is -0.796. The van der Waals surface area contributed by atoms with Crippen LogP contribution in [0.4, 0.5) is 11.4 Å². The number of carbonyl (C=O) groups is 2. The largest absolute Gasteiger partial charge is 0.489 e. The zero-order chi connectivity index (χ0) is 21.8. The summed E-state index contributed by atoms with van der Waals surface area (Å²) in [6.45, 7) is 0.550. The van der Waals surface area contributed by atoms with E-state index in [1.165, 1.54) is 12.0 Å². The minimum atomic E-state index is -0.780. The molecular weight excluding hydrogens is 398 g/mol. The smallest absolute Gasteiger partial charge is 0.337 e. The number of benzene rings is 2. The third-order valence-electron chi connectivity index (χ3n) is 4.58. The second-order valence-electron chi connectivity index (χ2n) is 6.55. The third kappa shape index (κ3) is 4.51. The van der Waals surface area contributed by atoms with E-state index in [2.05, 4.69) is 4.74 Å². The Hall–Kier alpha value is -4.02. The van der Waals surface area contributed by atoms with Gasteiger partial charge in [-0.15, -0.1) is 0 Å². The van der Waals surface area contributed by atoms with E-state index in [9.17, 15) is 29.8 Å². The number of esters is 1. The van der Waals surface area contributed by atoms with Crippen molar-refractivity contribution in [3.8, 4) is 5.75 Å². The van der Waals surface area contributed by atoms with Crippen LogP contribution in [0.5, 0.6) is 5.75 Å². The summed E-state index contributed by atoms with van der Waals surface area (Å²) < 4.78 is 10.5. The van der Waals surface area contributed by atoms with Gasteiger partial charge in [0.2, 0.25) is 0 Å². The van der Waals surface area contributed by atoms with Gasteiger partial charge < -0.3 is 14.4 Å². The highest BCUT2D eigenvalue weighted by Gasteiger charge is 2.30. The molecule has 3 rings (SSSR count). The number of nitrogens with zero attached hydrogens (tertiary/aromatic N) is 3. The predicted molar refractivity (Wildman–Crippen MR) is 102 cm³/mol. The van der Waals surface area contributed by atoms with Gasteiger partial charge in [0.25, 0.3) is 17.3 Å². The van der Waals surface area contributed by atoms with Gasteiger partial charge in [0.1, 0.15) is 11.9 Å². The SMILES string of the molecule is COC(=O)c1ccc(O[C@H]2CCN(C(=O)c3cc([N+](=O)[O-])cc([N+](=O)[O-])c3)C2)cc1. The molecule has 11 heteroatoms. The minimum absolute atomic E-state index is 0.126. The fourth-order valence-corrected chi connectivity index (χ4v) is 3.10. The monoisotopic (exact) mass is 415 g/mol. The highest BCUT2D eigenvalue weighted by Crippen LogP contribution is 2.26. The molecule has 156 valence electrons. The first kappa shape index (κ1) is 20.7.